The van der Waals surface area contributed by atoms with Crippen LogP contribution in [0.4, 0.5) is 0 Å². The van der Waals surface area contributed by atoms with Gasteiger partial charge in [0.1, 0.15) is 6.04 Å². The second kappa shape index (κ2) is 3.66. The number of hydrogen-bond donors (Lipinski definition) is 1. The van der Waals surface area contributed by atoms with Crippen LogP contribution in [-0.2, 0) is 4.79 Å². The van der Waals surface area contributed by atoms with E-state index in [1.165, 1.54) is 5.56 Å². The first-order valence-corrected chi connectivity index (χ1v) is 5.21. The molecule has 1 aliphatic heterocycles. The number of quaternary nitrogens is 1. The lowest BCUT2D eigenvalue weighted by Crippen LogP contribution is -2.83. The zero-order chi connectivity index (χ0) is 10.9. The van der Waals surface area contributed by atoms with Crippen molar-refractivity contribution in [3.63, 3.8) is 0 Å². The molecule has 2 atom stereocenters. The first kappa shape index (κ1) is 10.2. The maximum Gasteiger partial charge on any atom is 0.113 e. The Morgan fingerprint density at radius 2 is 2.13 bits per heavy atom. The second-order valence-corrected chi connectivity index (χ2v) is 4.51. The summed E-state index contributed by atoms with van der Waals surface area (Å²) in [5.41, 5.74) is 0.517. The van der Waals surface area contributed by atoms with E-state index in [-0.39, 0.29) is 6.04 Å². The fourth-order valence-corrected chi connectivity index (χ4v) is 2.18. The lowest BCUT2D eigenvalue weighted by Gasteiger charge is -2.20. The molecule has 2 rings (SSSR count). The molecule has 15 heavy (non-hydrogen) atoms. The van der Waals surface area contributed by atoms with Crippen LogP contribution in [-0.4, -0.2) is 12.5 Å². The summed E-state index contributed by atoms with van der Waals surface area (Å²) in [5, 5.41) is 13.1. The fraction of sp³-hybridized carbons (Fsp3) is 0.417. The van der Waals surface area contributed by atoms with Gasteiger partial charge in [-0.05, 0) is 6.92 Å². The van der Waals surface area contributed by atoms with Gasteiger partial charge in [0.2, 0.25) is 0 Å². The number of hydrogen-bond acceptors (Lipinski definition) is 2. The number of carboxylic acids is 1. The van der Waals surface area contributed by atoms with Crippen molar-refractivity contribution < 1.29 is 15.2 Å². The minimum atomic E-state index is -0.933. The summed E-state index contributed by atoms with van der Waals surface area (Å²) >= 11 is 0. The standard InChI is InChI=1S/C12H15NO2/c1-12(11(14)15)7-10(13-8-12)9-5-3-2-4-6-9/h2-6,10,13H,7-8H2,1H3,(H,14,15)/t10-,12+/m0/s1. The first-order chi connectivity index (χ1) is 7.12. The predicted octanol–water partition coefficient (Wildman–Crippen LogP) is -0.549. The quantitative estimate of drug-likeness (QED) is 0.704. The molecule has 0 aliphatic carbocycles. The zero-order valence-electron chi connectivity index (χ0n) is 8.77. The summed E-state index contributed by atoms with van der Waals surface area (Å²) in [4.78, 5) is 11.0. The fourth-order valence-electron chi connectivity index (χ4n) is 2.18. The van der Waals surface area contributed by atoms with Crippen LogP contribution in [0.2, 0.25) is 0 Å². The van der Waals surface area contributed by atoms with Crippen LogP contribution >= 0.6 is 0 Å². The van der Waals surface area contributed by atoms with Gasteiger partial charge in [0.05, 0.1) is 17.9 Å². The van der Waals surface area contributed by atoms with E-state index in [0.29, 0.717) is 13.0 Å². The Labute approximate surface area is 89.1 Å². The van der Waals surface area contributed by atoms with Gasteiger partial charge < -0.3 is 15.2 Å². The topological polar surface area (TPSA) is 56.7 Å². The summed E-state index contributed by atoms with van der Waals surface area (Å²) in [6, 6.07) is 10.3. The van der Waals surface area contributed by atoms with E-state index in [4.69, 9.17) is 0 Å². The lowest BCUT2D eigenvalue weighted by atomic mass is 9.86. The van der Waals surface area contributed by atoms with Crippen LogP contribution in [0, 0.1) is 5.41 Å². The molecule has 0 bridgehead atoms. The molecule has 1 heterocycles. The summed E-state index contributed by atoms with van der Waals surface area (Å²) in [5.74, 6) is -0.933. The number of nitrogens with two attached hydrogens (primary N) is 1. The monoisotopic (exact) mass is 205 g/mol. The smallest absolute Gasteiger partial charge is 0.113 e. The van der Waals surface area contributed by atoms with Crippen molar-refractivity contribution in [2.24, 2.45) is 5.41 Å². The highest BCUT2D eigenvalue weighted by Crippen LogP contribution is 2.30. The Hall–Kier alpha value is -1.35. The third kappa shape index (κ3) is 1.88. The number of carboxylic acid groups (broad SMARTS) is 1. The maximum atomic E-state index is 11.0. The van der Waals surface area contributed by atoms with Gasteiger partial charge in [0.25, 0.3) is 0 Å². The van der Waals surface area contributed by atoms with Gasteiger partial charge >= 0.3 is 0 Å². The van der Waals surface area contributed by atoms with Crippen molar-refractivity contribution in [1.82, 2.24) is 0 Å². The van der Waals surface area contributed by atoms with Crippen molar-refractivity contribution in [3.8, 4) is 0 Å². The van der Waals surface area contributed by atoms with Gasteiger partial charge in [-0.25, -0.2) is 0 Å². The average Bonchev–Trinajstić information content (AvgIpc) is 2.64. The molecule has 0 unspecified atom stereocenters. The third-order valence-electron chi connectivity index (χ3n) is 3.24. The van der Waals surface area contributed by atoms with Crippen LogP contribution < -0.4 is 10.4 Å². The summed E-state index contributed by atoms with van der Waals surface area (Å²) in [6.45, 7) is 2.37. The van der Waals surface area contributed by atoms with Crippen LogP contribution in [0.15, 0.2) is 30.3 Å². The van der Waals surface area contributed by atoms with Gasteiger partial charge in [-0.1, -0.05) is 30.3 Å². The highest BCUT2D eigenvalue weighted by molar-refractivity contribution is 5.72. The Bertz CT molecular complexity index is 363. The number of carbonyl (C=O) groups is 1. The molecule has 1 aromatic carbocycles. The van der Waals surface area contributed by atoms with Crippen molar-refractivity contribution in [1.29, 1.82) is 0 Å². The Kier molecular flexibility index (Phi) is 2.49. The minimum Gasteiger partial charge on any atom is -0.549 e. The number of rotatable bonds is 2. The van der Waals surface area contributed by atoms with E-state index < -0.39 is 11.4 Å². The number of benzene rings is 1. The third-order valence-corrected chi connectivity index (χ3v) is 3.24. The lowest BCUT2D eigenvalue weighted by molar-refractivity contribution is -0.679. The Morgan fingerprint density at radius 3 is 2.67 bits per heavy atom. The van der Waals surface area contributed by atoms with Crippen LogP contribution in [0.25, 0.3) is 0 Å². The highest BCUT2D eigenvalue weighted by Gasteiger charge is 2.40. The van der Waals surface area contributed by atoms with Crippen molar-refractivity contribution >= 4 is 5.97 Å². The second-order valence-electron chi connectivity index (χ2n) is 4.51. The van der Waals surface area contributed by atoms with Gasteiger partial charge in [-0.2, -0.15) is 0 Å². The molecule has 2 N–H and O–H groups in total. The maximum absolute atomic E-state index is 11.0. The van der Waals surface area contributed by atoms with Gasteiger partial charge in [-0.15, -0.1) is 0 Å². The molecule has 0 saturated carbocycles. The van der Waals surface area contributed by atoms with Crippen LogP contribution in [0.1, 0.15) is 24.9 Å². The van der Waals surface area contributed by atoms with Crippen LogP contribution in [0.5, 0.6) is 0 Å². The summed E-state index contributed by atoms with van der Waals surface area (Å²) < 4.78 is 0. The molecule has 1 aromatic rings. The summed E-state index contributed by atoms with van der Waals surface area (Å²) in [6.07, 6.45) is 0.652. The average molecular weight is 205 g/mol. The molecule has 80 valence electrons. The van der Waals surface area contributed by atoms with E-state index in [2.05, 4.69) is 5.32 Å². The Balaban J connectivity index is 2.14. The van der Waals surface area contributed by atoms with E-state index in [1.807, 2.05) is 30.3 Å². The Morgan fingerprint density at radius 1 is 1.47 bits per heavy atom. The molecule has 0 spiro atoms. The van der Waals surface area contributed by atoms with E-state index >= 15 is 0 Å². The van der Waals surface area contributed by atoms with Crippen molar-refractivity contribution in [3.05, 3.63) is 35.9 Å². The molecular formula is C12H15NO2. The van der Waals surface area contributed by atoms with Gasteiger partial charge in [0.15, 0.2) is 0 Å². The van der Waals surface area contributed by atoms with E-state index in [9.17, 15) is 9.90 Å². The van der Waals surface area contributed by atoms with Gasteiger partial charge in [-0.3, -0.25) is 0 Å². The molecule has 3 heteroatoms. The highest BCUT2D eigenvalue weighted by atomic mass is 16.4. The normalized spacial score (nSPS) is 30.3. The predicted molar refractivity (Wildman–Crippen MR) is 53.7 cm³/mol. The van der Waals surface area contributed by atoms with Crippen LogP contribution in [0.3, 0.4) is 0 Å². The largest absolute Gasteiger partial charge is 0.549 e. The summed E-state index contributed by atoms with van der Waals surface area (Å²) in [7, 11) is 0. The minimum absolute atomic E-state index is 0.258. The molecule has 0 aromatic heterocycles. The van der Waals surface area contributed by atoms with Crippen molar-refractivity contribution in [2.45, 2.75) is 19.4 Å². The molecule has 1 saturated heterocycles. The van der Waals surface area contributed by atoms with Gasteiger partial charge in [0, 0.05) is 12.0 Å². The molecule has 1 aliphatic rings. The molecule has 1 fully saturated rings. The zero-order valence-corrected chi connectivity index (χ0v) is 8.77. The van der Waals surface area contributed by atoms with E-state index in [0.717, 1.165) is 0 Å². The molecule has 0 radical (unpaired) electrons. The number of aliphatic carboxylic acids is 1. The molecule has 0 amide bonds. The van der Waals surface area contributed by atoms with Crippen molar-refractivity contribution in [2.75, 3.05) is 6.54 Å². The van der Waals surface area contributed by atoms with E-state index in [1.54, 1.807) is 6.92 Å². The molecule has 3 nitrogen and oxygen atoms in total. The SMILES string of the molecule is C[C@]1(C(=O)[O-])C[NH2+][C@H](c2ccccc2)C1. The first-order valence-electron chi connectivity index (χ1n) is 5.21. The number of carbonyl (C=O) groups excluding carboxylic acids is 1. The molecular weight excluding hydrogens is 190 g/mol.